The molecule has 2 atom stereocenters. The van der Waals surface area contributed by atoms with Gasteiger partial charge in [-0.05, 0) is 69.9 Å². The summed E-state index contributed by atoms with van der Waals surface area (Å²) in [5.41, 5.74) is 2.30. The zero-order chi connectivity index (χ0) is 25.2. The molecule has 8 heteroatoms. The molecule has 2 aromatic carbocycles. The molecule has 2 heterocycles. The van der Waals surface area contributed by atoms with Crippen LogP contribution in [-0.2, 0) is 11.2 Å². The lowest BCUT2D eigenvalue weighted by Gasteiger charge is -2.41. The van der Waals surface area contributed by atoms with Crippen molar-refractivity contribution in [3.05, 3.63) is 64.4 Å². The molecule has 7 nitrogen and oxygen atoms in total. The average Bonchev–Trinajstić information content (AvgIpc) is 3.24. The molecule has 0 saturated carbocycles. The topological polar surface area (TPSA) is 89.5 Å². The average molecular weight is 541 g/mol. The highest BCUT2D eigenvalue weighted by atomic mass is 79.9. The molecule has 3 aromatic rings. The highest BCUT2D eigenvalue weighted by Crippen LogP contribution is 2.29. The third-order valence-corrected chi connectivity index (χ3v) is 7.19. The van der Waals surface area contributed by atoms with Crippen molar-refractivity contribution in [2.75, 3.05) is 13.1 Å². The Balaban J connectivity index is 1.52. The van der Waals surface area contributed by atoms with E-state index in [0.29, 0.717) is 19.5 Å². The zero-order valence-corrected chi connectivity index (χ0v) is 22.1. The largest absolute Gasteiger partial charge is 0.465 e. The van der Waals surface area contributed by atoms with E-state index in [1.807, 2.05) is 74.2 Å². The van der Waals surface area contributed by atoms with Crippen LogP contribution in [-0.4, -0.2) is 61.5 Å². The van der Waals surface area contributed by atoms with Crippen molar-refractivity contribution in [1.29, 1.82) is 0 Å². The molecule has 4 rings (SSSR count). The van der Waals surface area contributed by atoms with Gasteiger partial charge in [0.25, 0.3) is 0 Å². The van der Waals surface area contributed by atoms with Crippen LogP contribution >= 0.6 is 15.9 Å². The van der Waals surface area contributed by atoms with Gasteiger partial charge in [0.2, 0.25) is 5.91 Å². The minimum Gasteiger partial charge on any atom is -0.465 e. The molecule has 0 unspecified atom stereocenters. The predicted octanol–water partition coefficient (Wildman–Crippen LogP) is 5.81. The van der Waals surface area contributed by atoms with E-state index in [4.69, 9.17) is 4.98 Å². The van der Waals surface area contributed by atoms with E-state index < -0.39 is 17.7 Å². The van der Waals surface area contributed by atoms with Crippen LogP contribution in [0.1, 0.15) is 57.3 Å². The maximum atomic E-state index is 13.5. The highest BCUT2D eigenvalue weighted by Gasteiger charge is 2.36. The Morgan fingerprint density at radius 3 is 2.57 bits per heavy atom. The number of fused-ring (bicyclic) bond motifs is 1. The minimum absolute atomic E-state index is 0.0107. The number of rotatable bonds is 6. The Bertz CT molecular complexity index is 1150. The number of H-pyrrole nitrogens is 1. The molecule has 186 valence electrons. The molecule has 0 spiro atoms. The third-order valence-electron chi connectivity index (χ3n) is 6.66. The third kappa shape index (κ3) is 6.04. The lowest BCUT2D eigenvalue weighted by Crippen LogP contribution is -2.54. The van der Waals surface area contributed by atoms with Crippen molar-refractivity contribution >= 4 is 39.0 Å². The van der Waals surface area contributed by atoms with E-state index >= 15 is 0 Å². The summed E-state index contributed by atoms with van der Waals surface area (Å²) in [5, 5.41) is 10.1. The van der Waals surface area contributed by atoms with Gasteiger partial charge in [0, 0.05) is 41.5 Å². The predicted molar refractivity (Wildman–Crippen MR) is 141 cm³/mol. The van der Waals surface area contributed by atoms with E-state index in [2.05, 4.69) is 20.9 Å². The number of para-hydroxylation sites is 2. The van der Waals surface area contributed by atoms with Crippen LogP contribution in [0.25, 0.3) is 11.0 Å². The van der Waals surface area contributed by atoms with E-state index in [9.17, 15) is 14.7 Å². The first-order valence-electron chi connectivity index (χ1n) is 12.1. The monoisotopic (exact) mass is 540 g/mol. The van der Waals surface area contributed by atoms with Crippen molar-refractivity contribution < 1.29 is 14.7 Å². The number of halogens is 1. The molecule has 0 bridgehead atoms. The number of aromatic nitrogens is 2. The van der Waals surface area contributed by atoms with E-state index in [1.165, 1.54) is 4.90 Å². The van der Waals surface area contributed by atoms with Gasteiger partial charge in [0.05, 0.1) is 11.0 Å². The smallest absolute Gasteiger partial charge is 0.408 e. The molecule has 1 saturated heterocycles. The second-order valence-electron chi connectivity index (χ2n) is 10.3. The van der Waals surface area contributed by atoms with Crippen molar-refractivity contribution in [3.63, 3.8) is 0 Å². The number of carbonyl (C=O) groups excluding carboxylic acids is 1. The Hall–Kier alpha value is -2.87. The number of benzene rings is 2. The van der Waals surface area contributed by atoms with Crippen molar-refractivity contribution in [2.24, 2.45) is 0 Å². The maximum absolute atomic E-state index is 13.5. The summed E-state index contributed by atoms with van der Waals surface area (Å²) < 4.78 is 0.963. The number of carbonyl (C=O) groups is 2. The fourth-order valence-corrected chi connectivity index (χ4v) is 5.33. The number of nitrogens with one attached hydrogen (secondary N) is 1. The Kier molecular flexibility index (Phi) is 7.50. The number of hydrogen-bond acceptors (Lipinski definition) is 3. The lowest BCUT2D eigenvalue weighted by molar-refractivity contribution is -0.134. The molecule has 1 fully saturated rings. The summed E-state index contributed by atoms with van der Waals surface area (Å²) in [4.78, 5) is 37.3. The van der Waals surface area contributed by atoms with Crippen LogP contribution < -0.4 is 0 Å². The lowest BCUT2D eigenvalue weighted by atomic mass is 9.94. The SMILES string of the molecule is CC(C)(C)N(C(=O)O)[C@@H](CC(=O)N1CCC[C@@H](c2nc3ccccc3[nH]2)C1)Cc1ccc(Br)cc1. The van der Waals surface area contributed by atoms with Crippen LogP contribution in [0.4, 0.5) is 4.79 Å². The van der Waals surface area contributed by atoms with Crippen LogP contribution in [0.2, 0.25) is 0 Å². The maximum Gasteiger partial charge on any atom is 0.408 e. The van der Waals surface area contributed by atoms with Crippen LogP contribution in [0.5, 0.6) is 0 Å². The fourth-order valence-electron chi connectivity index (χ4n) is 5.06. The molecule has 1 aliphatic rings. The van der Waals surface area contributed by atoms with Crippen LogP contribution in [0.3, 0.4) is 0 Å². The number of aromatic amines is 1. The first-order chi connectivity index (χ1) is 16.6. The zero-order valence-electron chi connectivity index (χ0n) is 20.5. The van der Waals surface area contributed by atoms with Gasteiger partial charge in [0.1, 0.15) is 5.82 Å². The molecule has 2 amide bonds. The molecule has 0 radical (unpaired) electrons. The van der Waals surface area contributed by atoms with Gasteiger partial charge in [-0.1, -0.05) is 40.2 Å². The second kappa shape index (κ2) is 10.4. The minimum atomic E-state index is -1.01. The van der Waals surface area contributed by atoms with Gasteiger partial charge in [-0.3, -0.25) is 9.69 Å². The van der Waals surface area contributed by atoms with E-state index in [1.54, 1.807) is 0 Å². The van der Waals surface area contributed by atoms with Crippen molar-refractivity contribution in [1.82, 2.24) is 19.8 Å². The summed E-state index contributed by atoms with van der Waals surface area (Å²) in [7, 11) is 0. The number of hydrogen-bond donors (Lipinski definition) is 2. The standard InChI is InChI=1S/C27H33BrN4O3/c1-27(2,3)32(26(34)35)21(15-18-10-12-20(28)13-11-18)16-24(33)31-14-6-7-19(17-31)25-29-22-8-4-5-9-23(22)30-25/h4-5,8-13,19,21H,6-7,14-17H2,1-3H3,(H,29,30)(H,34,35)/t19-,21-/m1/s1. The Morgan fingerprint density at radius 2 is 1.91 bits per heavy atom. The van der Waals surface area contributed by atoms with E-state index in [0.717, 1.165) is 39.7 Å². The van der Waals surface area contributed by atoms with E-state index in [-0.39, 0.29) is 18.2 Å². The number of amides is 2. The van der Waals surface area contributed by atoms with Gasteiger partial charge in [0.15, 0.2) is 0 Å². The van der Waals surface area contributed by atoms with Gasteiger partial charge < -0.3 is 15.0 Å². The fraction of sp³-hybridized carbons (Fsp3) is 0.444. The number of nitrogens with zero attached hydrogens (tertiary/aromatic N) is 3. The summed E-state index contributed by atoms with van der Waals surface area (Å²) in [6, 6.07) is 15.3. The molecule has 35 heavy (non-hydrogen) atoms. The summed E-state index contributed by atoms with van der Waals surface area (Å²) >= 11 is 3.45. The molecule has 1 aromatic heterocycles. The van der Waals surface area contributed by atoms with Crippen LogP contribution in [0, 0.1) is 0 Å². The van der Waals surface area contributed by atoms with Gasteiger partial charge in [-0.15, -0.1) is 0 Å². The number of likely N-dealkylation sites (tertiary alicyclic amines) is 1. The quantitative estimate of drug-likeness (QED) is 0.412. The highest BCUT2D eigenvalue weighted by molar-refractivity contribution is 9.10. The first kappa shape index (κ1) is 25.2. The van der Waals surface area contributed by atoms with Crippen molar-refractivity contribution in [2.45, 2.75) is 64.0 Å². The van der Waals surface area contributed by atoms with Crippen molar-refractivity contribution in [3.8, 4) is 0 Å². The number of piperidine rings is 1. The summed E-state index contributed by atoms with van der Waals surface area (Å²) in [6.45, 7) is 6.89. The molecular formula is C27H33BrN4O3. The second-order valence-corrected chi connectivity index (χ2v) is 11.2. The molecular weight excluding hydrogens is 508 g/mol. The normalized spacial score (nSPS) is 17.4. The Morgan fingerprint density at radius 1 is 1.20 bits per heavy atom. The molecule has 2 N–H and O–H groups in total. The van der Waals surface area contributed by atoms with Gasteiger partial charge in [-0.25, -0.2) is 9.78 Å². The number of imidazole rings is 1. The number of carboxylic acid groups (broad SMARTS) is 1. The summed E-state index contributed by atoms with van der Waals surface area (Å²) in [5.74, 6) is 1.05. The van der Waals surface area contributed by atoms with Gasteiger partial charge in [-0.2, -0.15) is 0 Å². The first-order valence-corrected chi connectivity index (χ1v) is 12.9. The van der Waals surface area contributed by atoms with Crippen LogP contribution in [0.15, 0.2) is 53.0 Å². The van der Waals surface area contributed by atoms with Gasteiger partial charge >= 0.3 is 6.09 Å². The molecule has 1 aliphatic heterocycles. The Labute approximate surface area is 214 Å². The molecule has 0 aliphatic carbocycles. The summed E-state index contributed by atoms with van der Waals surface area (Å²) in [6.07, 6.45) is 1.48.